The first-order valence-corrected chi connectivity index (χ1v) is 8.24. The van der Waals surface area contributed by atoms with Crippen LogP contribution in [0, 0.1) is 0 Å². The molecule has 1 heterocycles. The van der Waals surface area contributed by atoms with Gasteiger partial charge in [-0.25, -0.2) is 9.98 Å². The Bertz CT molecular complexity index is 691. The van der Waals surface area contributed by atoms with Crippen molar-refractivity contribution in [3.8, 4) is 0 Å². The van der Waals surface area contributed by atoms with E-state index in [-0.39, 0.29) is 12.5 Å². The average Bonchev–Trinajstić information content (AvgIpc) is 2.99. The minimum absolute atomic E-state index is 0.0166. The highest BCUT2D eigenvalue weighted by Gasteiger charge is 2.04. The van der Waals surface area contributed by atoms with Gasteiger partial charge in [0.1, 0.15) is 6.54 Å². The normalized spacial score (nSPS) is 11.5. The number of carbonyl (C=O) groups excluding carboxylic acids is 1. The van der Waals surface area contributed by atoms with Crippen molar-refractivity contribution in [3.05, 3.63) is 30.6 Å². The number of amides is 1. The zero-order chi connectivity index (χ0) is 17.4. The SMILES string of the molecule is CCNC(=NCC(=O)N(C)C)NCCCn1cnc2ccccc21. The molecule has 130 valence electrons. The van der Waals surface area contributed by atoms with Crippen molar-refractivity contribution in [3.63, 3.8) is 0 Å². The van der Waals surface area contributed by atoms with Gasteiger partial charge in [0.2, 0.25) is 5.91 Å². The van der Waals surface area contributed by atoms with Crippen molar-refractivity contribution < 1.29 is 4.79 Å². The average molecular weight is 330 g/mol. The fourth-order valence-electron chi connectivity index (χ4n) is 2.27. The van der Waals surface area contributed by atoms with E-state index in [2.05, 4.69) is 31.2 Å². The van der Waals surface area contributed by atoms with Gasteiger partial charge in [-0.15, -0.1) is 0 Å². The summed E-state index contributed by atoms with van der Waals surface area (Å²) in [6, 6.07) is 8.11. The van der Waals surface area contributed by atoms with Crippen molar-refractivity contribution >= 4 is 22.9 Å². The molecule has 0 saturated carbocycles. The summed E-state index contributed by atoms with van der Waals surface area (Å²) in [4.78, 5) is 21.8. The van der Waals surface area contributed by atoms with Crippen LogP contribution in [-0.2, 0) is 11.3 Å². The van der Waals surface area contributed by atoms with Crippen LogP contribution in [0.3, 0.4) is 0 Å². The zero-order valence-corrected chi connectivity index (χ0v) is 14.6. The molecule has 7 heteroatoms. The van der Waals surface area contributed by atoms with Gasteiger partial charge < -0.3 is 20.1 Å². The van der Waals surface area contributed by atoms with Gasteiger partial charge in [-0.05, 0) is 25.5 Å². The highest BCUT2D eigenvalue weighted by atomic mass is 16.2. The molecule has 0 aliphatic rings. The number of hydrogen-bond donors (Lipinski definition) is 2. The van der Waals surface area contributed by atoms with E-state index in [1.165, 1.54) is 4.90 Å². The first kappa shape index (κ1) is 17.8. The van der Waals surface area contributed by atoms with E-state index in [1.807, 2.05) is 31.5 Å². The Morgan fingerprint density at radius 1 is 1.29 bits per heavy atom. The van der Waals surface area contributed by atoms with Crippen molar-refractivity contribution in [2.75, 3.05) is 33.7 Å². The Kier molecular flexibility index (Phi) is 6.60. The summed E-state index contributed by atoms with van der Waals surface area (Å²) >= 11 is 0. The van der Waals surface area contributed by atoms with E-state index < -0.39 is 0 Å². The lowest BCUT2D eigenvalue weighted by molar-refractivity contribution is -0.127. The van der Waals surface area contributed by atoms with Gasteiger partial charge in [0.05, 0.1) is 17.4 Å². The molecule has 1 amide bonds. The predicted octanol–water partition coefficient (Wildman–Crippen LogP) is 1.07. The van der Waals surface area contributed by atoms with Gasteiger partial charge in [0.25, 0.3) is 0 Å². The molecule has 0 unspecified atom stereocenters. The second-order valence-corrected chi connectivity index (χ2v) is 5.69. The summed E-state index contributed by atoms with van der Waals surface area (Å²) < 4.78 is 2.15. The molecular weight excluding hydrogens is 304 g/mol. The number of aliphatic imine (C=N–C) groups is 1. The summed E-state index contributed by atoms with van der Waals surface area (Å²) in [6.07, 6.45) is 2.81. The molecule has 0 radical (unpaired) electrons. The Morgan fingerprint density at radius 3 is 2.83 bits per heavy atom. The van der Waals surface area contributed by atoms with Gasteiger partial charge in [-0.2, -0.15) is 0 Å². The molecule has 7 nitrogen and oxygen atoms in total. The number of para-hydroxylation sites is 2. The monoisotopic (exact) mass is 330 g/mol. The first-order valence-electron chi connectivity index (χ1n) is 8.24. The molecule has 0 aliphatic carbocycles. The minimum Gasteiger partial charge on any atom is -0.357 e. The van der Waals surface area contributed by atoms with Crippen LogP contribution in [0.25, 0.3) is 11.0 Å². The molecule has 0 spiro atoms. The molecule has 2 N–H and O–H groups in total. The summed E-state index contributed by atoms with van der Waals surface area (Å²) in [7, 11) is 3.46. The lowest BCUT2D eigenvalue weighted by Crippen LogP contribution is -2.39. The highest BCUT2D eigenvalue weighted by Crippen LogP contribution is 2.11. The number of benzene rings is 1. The van der Waals surface area contributed by atoms with Crippen LogP contribution < -0.4 is 10.6 Å². The van der Waals surface area contributed by atoms with Gasteiger partial charge in [-0.1, -0.05) is 12.1 Å². The molecule has 0 saturated heterocycles. The zero-order valence-electron chi connectivity index (χ0n) is 14.6. The van der Waals surface area contributed by atoms with Crippen LogP contribution in [0.4, 0.5) is 0 Å². The van der Waals surface area contributed by atoms with E-state index in [0.29, 0.717) is 5.96 Å². The molecule has 0 bridgehead atoms. The van der Waals surface area contributed by atoms with Gasteiger partial charge >= 0.3 is 0 Å². The van der Waals surface area contributed by atoms with E-state index in [9.17, 15) is 4.79 Å². The van der Waals surface area contributed by atoms with E-state index >= 15 is 0 Å². The third-order valence-corrected chi connectivity index (χ3v) is 3.61. The number of nitrogens with one attached hydrogen (secondary N) is 2. The Labute approximate surface area is 142 Å². The Morgan fingerprint density at radius 2 is 2.08 bits per heavy atom. The smallest absolute Gasteiger partial charge is 0.243 e. The second kappa shape index (κ2) is 8.90. The molecule has 24 heavy (non-hydrogen) atoms. The number of guanidine groups is 1. The Balaban J connectivity index is 1.82. The molecular formula is C17H26N6O. The summed E-state index contributed by atoms with van der Waals surface area (Å²) in [6.45, 7) is 4.56. The van der Waals surface area contributed by atoms with E-state index in [0.717, 1.165) is 37.1 Å². The van der Waals surface area contributed by atoms with Crippen molar-refractivity contribution in [2.45, 2.75) is 19.9 Å². The van der Waals surface area contributed by atoms with Crippen LogP contribution in [0.2, 0.25) is 0 Å². The molecule has 2 aromatic rings. The largest absolute Gasteiger partial charge is 0.357 e. The molecule has 2 rings (SSSR count). The molecule has 0 aliphatic heterocycles. The molecule has 1 aromatic carbocycles. The highest BCUT2D eigenvalue weighted by molar-refractivity contribution is 5.84. The number of fused-ring (bicyclic) bond motifs is 1. The number of aryl methyl sites for hydroxylation is 1. The van der Waals surface area contributed by atoms with Gasteiger partial charge in [-0.3, -0.25) is 4.79 Å². The van der Waals surface area contributed by atoms with Crippen molar-refractivity contribution in [1.82, 2.24) is 25.1 Å². The summed E-state index contributed by atoms with van der Waals surface area (Å²) in [5.74, 6) is 0.653. The lowest BCUT2D eigenvalue weighted by atomic mass is 10.3. The number of likely N-dealkylation sites (N-methyl/N-ethyl adjacent to an activating group) is 1. The molecule has 1 aromatic heterocycles. The Hall–Kier alpha value is -2.57. The minimum atomic E-state index is -0.0166. The first-order chi connectivity index (χ1) is 11.6. The number of hydrogen-bond acceptors (Lipinski definition) is 3. The fourth-order valence-corrected chi connectivity index (χ4v) is 2.27. The van der Waals surface area contributed by atoms with E-state index in [1.54, 1.807) is 14.1 Å². The van der Waals surface area contributed by atoms with Crippen molar-refractivity contribution in [2.24, 2.45) is 4.99 Å². The number of carbonyl (C=O) groups is 1. The van der Waals surface area contributed by atoms with Gasteiger partial charge in [0, 0.05) is 33.7 Å². The van der Waals surface area contributed by atoms with Crippen LogP contribution >= 0.6 is 0 Å². The third-order valence-electron chi connectivity index (χ3n) is 3.61. The maximum absolute atomic E-state index is 11.6. The summed E-state index contributed by atoms with van der Waals surface area (Å²) in [5.41, 5.74) is 2.16. The summed E-state index contributed by atoms with van der Waals surface area (Å²) in [5, 5.41) is 6.41. The topological polar surface area (TPSA) is 74.6 Å². The fraction of sp³-hybridized carbons (Fsp3) is 0.471. The second-order valence-electron chi connectivity index (χ2n) is 5.69. The van der Waals surface area contributed by atoms with Crippen LogP contribution in [0.15, 0.2) is 35.6 Å². The van der Waals surface area contributed by atoms with Crippen molar-refractivity contribution in [1.29, 1.82) is 0 Å². The molecule has 0 fully saturated rings. The van der Waals surface area contributed by atoms with Crippen LogP contribution in [0.1, 0.15) is 13.3 Å². The number of rotatable bonds is 7. The third kappa shape index (κ3) is 4.97. The maximum Gasteiger partial charge on any atom is 0.243 e. The quantitative estimate of drug-likeness (QED) is 0.452. The number of nitrogens with zero attached hydrogens (tertiary/aromatic N) is 4. The number of aromatic nitrogens is 2. The maximum atomic E-state index is 11.6. The lowest BCUT2D eigenvalue weighted by Gasteiger charge is -2.13. The van der Waals surface area contributed by atoms with Crippen LogP contribution in [0.5, 0.6) is 0 Å². The molecule has 0 atom stereocenters. The van der Waals surface area contributed by atoms with E-state index in [4.69, 9.17) is 0 Å². The standard InChI is InChI=1S/C17H26N6O/c1-4-18-17(20-12-16(24)22(2)3)19-10-7-11-23-13-21-14-8-5-6-9-15(14)23/h5-6,8-9,13H,4,7,10-12H2,1-3H3,(H2,18,19,20). The number of imidazole rings is 1. The van der Waals surface area contributed by atoms with Gasteiger partial charge in [0.15, 0.2) is 5.96 Å². The van der Waals surface area contributed by atoms with Crippen LogP contribution in [-0.4, -0.2) is 60.0 Å². The predicted molar refractivity (Wildman–Crippen MR) is 97.0 cm³/mol.